The van der Waals surface area contributed by atoms with Crippen LogP contribution in [0.4, 0.5) is 0 Å². The number of ether oxygens (including phenoxy) is 1. The predicted octanol–water partition coefficient (Wildman–Crippen LogP) is 1.99. The molecule has 1 saturated heterocycles. The molecular weight excluding hydrogens is 242 g/mol. The zero-order valence-electron chi connectivity index (χ0n) is 11.6. The molecule has 2 bridgehead atoms. The minimum absolute atomic E-state index is 0.142. The summed E-state index contributed by atoms with van der Waals surface area (Å²) in [4.78, 5) is 13.0. The van der Waals surface area contributed by atoms with Gasteiger partial charge in [0.1, 0.15) is 6.61 Å². The zero-order chi connectivity index (χ0) is 13.2. The Morgan fingerprint density at radius 1 is 1.16 bits per heavy atom. The van der Waals surface area contributed by atoms with Crippen molar-refractivity contribution in [2.75, 3.05) is 26.2 Å². The maximum Gasteiger partial charge on any atom is 0.329 e. The Kier molecular flexibility index (Phi) is 4.08. The van der Waals surface area contributed by atoms with E-state index in [4.69, 9.17) is 9.84 Å². The fourth-order valence-electron chi connectivity index (χ4n) is 4.38. The topological polar surface area (TPSA) is 49.8 Å². The first-order valence-electron chi connectivity index (χ1n) is 7.76. The molecule has 108 valence electrons. The molecule has 1 aliphatic heterocycles. The molecule has 0 aromatic heterocycles. The maximum absolute atomic E-state index is 10.5. The lowest BCUT2D eigenvalue weighted by molar-refractivity contribution is -0.145. The van der Waals surface area contributed by atoms with Gasteiger partial charge in [-0.05, 0) is 49.9 Å². The van der Waals surface area contributed by atoms with Gasteiger partial charge in [0.2, 0.25) is 0 Å². The number of hydrogen-bond acceptors (Lipinski definition) is 3. The van der Waals surface area contributed by atoms with E-state index in [1.54, 1.807) is 0 Å². The second-order valence-corrected chi connectivity index (χ2v) is 6.64. The maximum atomic E-state index is 10.5. The Labute approximate surface area is 115 Å². The van der Waals surface area contributed by atoms with Crippen molar-refractivity contribution in [3.05, 3.63) is 0 Å². The number of nitrogens with zero attached hydrogens (tertiary/aromatic N) is 1. The molecule has 3 fully saturated rings. The average Bonchev–Trinajstić information content (AvgIpc) is 3.00. The number of carboxylic acids is 1. The first kappa shape index (κ1) is 13.4. The summed E-state index contributed by atoms with van der Waals surface area (Å²) in [5.41, 5.74) is 0. The fraction of sp³-hybridized carbons (Fsp3) is 0.933. The second kappa shape index (κ2) is 5.80. The molecule has 4 nitrogen and oxygen atoms in total. The summed E-state index contributed by atoms with van der Waals surface area (Å²) in [6.07, 6.45) is 8.04. The third-order valence-electron chi connectivity index (χ3n) is 5.35. The van der Waals surface area contributed by atoms with Gasteiger partial charge in [0, 0.05) is 19.6 Å². The molecule has 3 rings (SSSR count). The standard InChI is InChI=1S/C15H25NO3/c17-15(18)10-19-14-3-5-16(6-4-14)9-13-8-11-1-2-12(13)7-11/h11-14H,1-10H2,(H,17,18). The van der Waals surface area contributed by atoms with Crippen LogP contribution in [0.3, 0.4) is 0 Å². The first-order chi connectivity index (χ1) is 9.20. The minimum atomic E-state index is -0.857. The van der Waals surface area contributed by atoms with Gasteiger partial charge in [-0.3, -0.25) is 0 Å². The number of likely N-dealkylation sites (tertiary alicyclic amines) is 1. The summed E-state index contributed by atoms with van der Waals surface area (Å²) in [5.74, 6) is 2.12. The first-order valence-corrected chi connectivity index (χ1v) is 7.76. The van der Waals surface area contributed by atoms with Crippen LogP contribution in [0.2, 0.25) is 0 Å². The molecule has 0 aromatic carbocycles. The molecule has 4 heteroatoms. The summed E-state index contributed by atoms with van der Waals surface area (Å²) in [6.45, 7) is 3.29. The molecule has 1 heterocycles. The van der Waals surface area contributed by atoms with Crippen LogP contribution in [0, 0.1) is 17.8 Å². The predicted molar refractivity (Wildman–Crippen MR) is 72.0 cm³/mol. The number of carbonyl (C=O) groups is 1. The minimum Gasteiger partial charge on any atom is -0.480 e. The summed E-state index contributed by atoms with van der Waals surface area (Å²) >= 11 is 0. The molecule has 2 saturated carbocycles. The van der Waals surface area contributed by atoms with Crippen molar-refractivity contribution in [3.8, 4) is 0 Å². The van der Waals surface area contributed by atoms with Crippen LogP contribution >= 0.6 is 0 Å². The number of piperidine rings is 1. The zero-order valence-corrected chi connectivity index (χ0v) is 11.6. The highest BCUT2D eigenvalue weighted by atomic mass is 16.5. The van der Waals surface area contributed by atoms with Crippen molar-refractivity contribution in [1.82, 2.24) is 4.90 Å². The molecule has 3 atom stereocenters. The molecule has 1 N–H and O–H groups in total. The molecular formula is C15H25NO3. The highest BCUT2D eigenvalue weighted by molar-refractivity contribution is 5.68. The third kappa shape index (κ3) is 3.29. The van der Waals surface area contributed by atoms with Crippen LogP contribution in [0.25, 0.3) is 0 Å². The Bertz CT molecular complexity index is 325. The van der Waals surface area contributed by atoms with Gasteiger partial charge in [-0.15, -0.1) is 0 Å². The lowest BCUT2D eigenvalue weighted by Crippen LogP contribution is -2.41. The van der Waals surface area contributed by atoms with Gasteiger partial charge in [0.25, 0.3) is 0 Å². The quantitative estimate of drug-likeness (QED) is 0.827. The van der Waals surface area contributed by atoms with E-state index in [1.807, 2.05) is 0 Å². The number of aliphatic carboxylic acids is 1. The van der Waals surface area contributed by atoms with Crippen LogP contribution in [-0.4, -0.2) is 48.3 Å². The van der Waals surface area contributed by atoms with Crippen LogP contribution < -0.4 is 0 Å². The van der Waals surface area contributed by atoms with Gasteiger partial charge in [-0.2, -0.15) is 0 Å². The Balaban J connectivity index is 1.37. The summed E-state index contributed by atoms with van der Waals surface area (Å²) < 4.78 is 5.39. The van der Waals surface area contributed by atoms with Gasteiger partial charge in [-0.25, -0.2) is 4.79 Å². The van der Waals surface area contributed by atoms with E-state index >= 15 is 0 Å². The summed E-state index contributed by atoms with van der Waals surface area (Å²) in [5, 5.41) is 8.61. The second-order valence-electron chi connectivity index (χ2n) is 6.64. The van der Waals surface area contributed by atoms with Crippen LogP contribution in [-0.2, 0) is 9.53 Å². The number of rotatable bonds is 5. The molecule has 3 aliphatic rings. The van der Waals surface area contributed by atoms with Crippen molar-refractivity contribution in [2.45, 2.75) is 44.6 Å². The van der Waals surface area contributed by atoms with Crippen LogP contribution in [0.5, 0.6) is 0 Å². The Morgan fingerprint density at radius 3 is 2.53 bits per heavy atom. The van der Waals surface area contributed by atoms with Gasteiger partial charge >= 0.3 is 5.97 Å². The van der Waals surface area contributed by atoms with Crippen molar-refractivity contribution >= 4 is 5.97 Å². The van der Waals surface area contributed by atoms with E-state index in [0.717, 1.165) is 43.7 Å². The molecule has 19 heavy (non-hydrogen) atoms. The van der Waals surface area contributed by atoms with Gasteiger partial charge in [0.15, 0.2) is 0 Å². The molecule has 3 unspecified atom stereocenters. The number of fused-ring (bicyclic) bond motifs is 2. The number of carboxylic acid groups (broad SMARTS) is 1. The molecule has 0 amide bonds. The van der Waals surface area contributed by atoms with Gasteiger partial charge in [-0.1, -0.05) is 6.42 Å². The van der Waals surface area contributed by atoms with Crippen LogP contribution in [0.1, 0.15) is 38.5 Å². The van der Waals surface area contributed by atoms with E-state index in [9.17, 15) is 4.79 Å². The average molecular weight is 267 g/mol. The Hall–Kier alpha value is -0.610. The normalized spacial score (nSPS) is 35.9. The lowest BCUT2D eigenvalue weighted by atomic mass is 9.88. The van der Waals surface area contributed by atoms with Crippen molar-refractivity contribution in [2.24, 2.45) is 17.8 Å². The third-order valence-corrected chi connectivity index (χ3v) is 5.35. The lowest BCUT2D eigenvalue weighted by Gasteiger charge is -2.35. The fourth-order valence-corrected chi connectivity index (χ4v) is 4.38. The van der Waals surface area contributed by atoms with Crippen molar-refractivity contribution < 1.29 is 14.6 Å². The largest absolute Gasteiger partial charge is 0.480 e. The van der Waals surface area contributed by atoms with Gasteiger partial charge < -0.3 is 14.7 Å². The SMILES string of the molecule is O=C(O)COC1CCN(CC2CC3CCC2C3)CC1. The van der Waals surface area contributed by atoms with Gasteiger partial charge in [0.05, 0.1) is 6.10 Å². The molecule has 0 spiro atoms. The van der Waals surface area contributed by atoms with E-state index in [2.05, 4.69) is 4.90 Å². The van der Waals surface area contributed by atoms with Crippen molar-refractivity contribution in [1.29, 1.82) is 0 Å². The van der Waals surface area contributed by atoms with Crippen molar-refractivity contribution in [3.63, 3.8) is 0 Å². The van der Waals surface area contributed by atoms with E-state index in [-0.39, 0.29) is 12.7 Å². The monoisotopic (exact) mass is 267 g/mol. The molecule has 0 aromatic rings. The van der Waals surface area contributed by atoms with E-state index < -0.39 is 5.97 Å². The van der Waals surface area contributed by atoms with E-state index in [0.29, 0.717) is 0 Å². The summed E-state index contributed by atoms with van der Waals surface area (Å²) in [7, 11) is 0. The Morgan fingerprint density at radius 2 is 1.95 bits per heavy atom. The molecule has 0 radical (unpaired) electrons. The number of hydrogen-bond donors (Lipinski definition) is 1. The van der Waals surface area contributed by atoms with E-state index in [1.165, 1.54) is 32.2 Å². The molecule has 2 aliphatic carbocycles. The smallest absolute Gasteiger partial charge is 0.329 e. The van der Waals surface area contributed by atoms with Crippen LogP contribution in [0.15, 0.2) is 0 Å². The highest BCUT2D eigenvalue weighted by Crippen LogP contribution is 2.48. The highest BCUT2D eigenvalue weighted by Gasteiger charge is 2.40. The summed E-state index contributed by atoms with van der Waals surface area (Å²) in [6, 6.07) is 0.